The number of phenols is 1. The SMILES string of the molecule is CCCCCCCCCCCCCCCCCCN=Cc1cccc(OC)c1O. The molecule has 1 aromatic carbocycles. The van der Waals surface area contributed by atoms with Crippen molar-refractivity contribution in [3.63, 3.8) is 0 Å². The van der Waals surface area contributed by atoms with E-state index in [1.54, 1.807) is 19.4 Å². The van der Waals surface area contributed by atoms with Gasteiger partial charge in [-0.05, 0) is 18.6 Å². The van der Waals surface area contributed by atoms with Crippen molar-refractivity contribution in [2.24, 2.45) is 4.99 Å². The van der Waals surface area contributed by atoms with Gasteiger partial charge in [-0.15, -0.1) is 0 Å². The Balaban J connectivity index is 1.86. The minimum Gasteiger partial charge on any atom is -0.504 e. The van der Waals surface area contributed by atoms with Gasteiger partial charge in [0.25, 0.3) is 0 Å². The molecular weight excluding hydrogens is 358 g/mol. The van der Waals surface area contributed by atoms with Crippen LogP contribution < -0.4 is 4.74 Å². The highest BCUT2D eigenvalue weighted by atomic mass is 16.5. The predicted octanol–water partition coefficient (Wildman–Crippen LogP) is 8.08. The van der Waals surface area contributed by atoms with Crippen LogP contribution in [0.2, 0.25) is 0 Å². The number of aliphatic imine (C=N–C) groups is 1. The third-order valence-electron chi connectivity index (χ3n) is 5.62. The molecule has 29 heavy (non-hydrogen) atoms. The summed E-state index contributed by atoms with van der Waals surface area (Å²) in [5.41, 5.74) is 0.723. The second kappa shape index (κ2) is 18.5. The van der Waals surface area contributed by atoms with Gasteiger partial charge in [-0.2, -0.15) is 0 Å². The summed E-state index contributed by atoms with van der Waals surface area (Å²) in [5.74, 6) is 0.669. The van der Waals surface area contributed by atoms with E-state index in [2.05, 4.69) is 11.9 Å². The van der Waals surface area contributed by atoms with Crippen LogP contribution in [-0.2, 0) is 0 Å². The lowest BCUT2D eigenvalue weighted by atomic mass is 10.0. The molecule has 0 aliphatic heterocycles. The molecule has 0 spiro atoms. The molecule has 3 heteroatoms. The van der Waals surface area contributed by atoms with E-state index in [0.29, 0.717) is 5.75 Å². The van der Waals surface area contributed by atoms with Crippen LogP contribution in [0.15, 0.2) is 23.2 Å². The Morgan fingerprint density at radius 3 is 1.72 bits per heavy atom. The number of aromatic hydroxyl groups is 1. The highest BCUT2D eigenvalue weighted by Crippen LogP contribution is 2.28. The maximum absolute atomic E-state index is 10.0. The number of rotatable bonds is 19. The second-order valence-electron chi connectivity index (χ2n) is 8.24. The average molecular weight is 404 g/mol. The molecule has 0 aliphatic rings. The number of hydrogen-bond donors (Lipinski definition) is 1. The van der Waals surface area contributed by atoms with Gasteiger partial charge in [-0.1, -0.05) is 109 Å². The Morgan fingerprint density at radius 2 is 1.24 bits per heavy atom. The van der Waals surface area contributed by atoms with Crippen molar-refractivity contribution < 1.29 is 9.84 Å². The highest BCUT2D eigenvalue weighted by molar-refractivity contribution is 5.84. The van der Waals surface area contributed by atoms with Gasteiger partial charge in [0, 0.05) is 18.3 Å². The smallest absolute Gasteiger partial charge is 0.166 e. The summed E-state index contributed by atoms with van der Waals surface area (Å²) in [7, 11) is 1.56. The first kappa shape index (κ1) is 25.5. The van der Waals surface area contributed by atoms with Crippen molar-refractivity contribution in [3.05, 3.63) is 23.8 Å². The zero-order valence-electron chi connectivity index (χ0n) is 19.1. The fraction of sp³-hybridized carbons (Fsp3) is 0.731. The molecule has 0 fully saturated rings. The van der Waals surface area contributed by atoms with E-state index in [-0.39, 0.29) is 5.75 Å². The third-order valence-corrected chi connectivity index (χ3v) is 5.62. The first-order valence-electron chi connectivity index (χ1n) is 12.2. The Labute approximate surface area is 180 Å². The zero-order chi connectivity index (χ0) is 21.0. The zero-order valence-corrected chi connectivity index (χ0v) is 19.1. The lowest BCUT2D eigenvalue weighted by Crippen LogP contribution is -1.90. The van der Waals surface area contributed by atoms with Crippen molar-refractivity contribution >= 4 is 6.21 Å². The molecule has 0 amide bonds. The molecule has 0 aromatic heterocycles. The molecule has 0 heterocycles. The van der Waals surface area contributed by atoms with Crippen LogP contribution >= 0.6 is 0 Å². The Hall–Kier alpha value is -1.51. The number of hydrogen-bond acceptors (Lipinski definition) is 3. The van der Waals surface area contributed by atoms with Crippen molar-refractivity contribution in [1.82, 2.24) is 0 Å². The monoisotopic (exact) mass is 403 g/mol. The minimum atomic E-state index is 0.172. The Kier molecular flexibility index (Phi) is 16.3. The average Bonchev–Trinajstić information content (AvgIpc) is 2.74. The number of para-hydroxylation sites is 1. The molecule has 1 N–H and O–H groups in total. The van der Waals surface area contributed by atoms with Crippen LogP contribution in [0.4, 0.5) is 0 Å². The lowest BCUT2D eigenvalue weighted by Gasteiger charge is -2.05. The van der Waals surface area contributed by atoms with E-state index < -0.39 is 0 Å². The molecule has 3 nitrogen and oxygen atoms in total. The first-order chi connectivity index (χ1) is 14.3. The van der Waals surface area contributed by atoms with E-state index in [0.717, 1.165) is 18.5 Å². The van der Waals surface area contributed by atoms with Gasteiger partial charge in [0.1, 0.15) is 0 Å². The van der Waals surface area contributed by atoms with Crippen LogP contribution in [0.5, 0.6) is 11.5 Å². The molecule has 0 aliphatic carbocycles. The number of ether oxygens (including phenoxy) is 1. The maximum Gasteiger partial charge on any atom is 0.166 e. The topological polar surface area (TPSA) is 41.8 Å². The van der Waals surface area contributed by atoms with E-state index in [4.69, 9.17) is 4.74 Å². The lowest BCUT2D eigenvalue weighted by molar-refractivity contribution is 0.373. The summed E-state index contributed by atoms with van der Waals surface area (Å²) in [6.07, 6.45) is 23.9. The van der Waals surface area contributed by atoms with Gasteiger partial charge in [-0.3, -0.25) is 4.99 Å². The molecule has 0 atom stereocenters. The van der Waals surface area contributed by atoms with Gasteiger partial charge in [0.15, 0.2) is 11.5 Å². The molecule has 0 unspecified atom stereocenters. The van der Waals surface area contributed by atoms with E-state index in [1.165, 1.54) is 96.3 Å². The molecule has 166 valence electrons. The first-order valence-corrected chi connectivity index (χ1v) is 12.2. The summed E-state index contributed by atoms with van der Waals surface area (Å²) in [6, 6.07) is 5.48. The van der Waals surface area contributed by atoms with E-state index in [1.807, 2.05) is 12.1 Å². The standard InChI is InChI=1S/C26H45NO2/c1-3-4-5-6-7-8-9-10-11-12-13-14-15-16-17-18-22-27-23-24-20-19-21-25(29-2)26(24)28/h19-21,23,28H,3-18,22H2,1-2H3. The minimum absolute atomic E-state index is 0.172. The van der Waals surface area contributed by atoms with Crippen LogP contribution in [0.3, 0.4) is 0 Å². The number of benzene rings is 1. The van der Waals surface area contributed by atoms with Crippen LogP contribution in [0, 0.1) is 0 Å². The van der Waals surface area contributed by atoms with Crippen LogP contribution in [0.1, 0.15) is 115 Å². The molecule has 0 saturated carbocycles. The van der Waals surface area contributed by atoms with E-state index in [9.17, 15) is 5.11 Å². The van der Waals surface area contributed by atoms with E-state index >= 15 is 0 Å². The predicted molar refractivity (Wildman–Crippen MR) is 127 cm³/mol. The molecule has 1 rings (SSSR count). The summed E-state index contributed by atoms with van der Waals surface area (Å²) in [5, 5.41) is 10.0. The molecule has 0 radical (unpaired) electrons. The normalized spacial score (nSPS) is 11.4. The molecule has 0 saturated heterocycles. The fourth-order valence-corrected chi connectivity index (χ4v) is 3.72. The Morgan fingerprint density at radius 1 is 0.759 bits per heavy atom. The van der Waals surface area contributed by atoms with Crippen LogP contribution in [0.25, 0.3) is 0 Å². The highest BCUT2D eigenvalue weighted by Gasteiger charge is 2.04. The fourth-order valence-electron chi connectivity index (χ4n) is 3.72. The molecular formula is C26H45NO2. The van der Waals surface area contributed by atoms with Crippen molar-refractivity contribution in [1.29, 1.82) is 0 Å². The van der Waals surface area contributed by atoms with Gasteiger partial charge >= 0.3 is 0 Å². The Bertz CT molecular complexity index is 527. The quantitative estimate of drug-likeness (QED) is 0.187. The largest absolute Gasteiger partial charge is 0.504 e. The summed E-state index contributed by atoms with van der Waals surface area (Å²) in [6.45, 7) is 3.11. The second-order valence-corrected chi connectivity index (χ2v) is 8.24. The van der Waals surface area contributed by atoms with Crippen molar-refractivity contribution in [3.8, 4) is 11.5 Å². The van der Waals surface area contributed by atoms with Crippen LogP contribution in [-0.4, -0.2) is 25.0 Å². The number of methoxy groups -OCH3 is 1. The number of nitrogens with zero attached hydrogens (tertiary/aromatic N) is 1. The van der Waals surface area contributed by atoms with Crippen molar-refractivity contribution in [2.75, 3.05) is 13.7 Å². The van der Waals surface area contributed by atoms with Crippen molar-refractivity contribution in [2.45, 2.75) is 110 Å². The third kappa shape index (κ3) is 13.4. The summed E-state index contributed by atoms with van der Waals surface area (Å²) >= 11 is 0. The summed E-state index contributed by atoms with van der Waals surface area (Å²) < 4.78 is 5.11. The molecule has 1 aromatic rings. The number of phenolic OH excluding ortho intramolecular Hbond substituents is 1. The number of unbranched alkanes of at least 4 members (excludes halogenated alkanes) is 15. The van der Waals surface area contributed by atoms with Gasteiger partial charge in [-0.25, -0.2) is 0 Å². The van der Waals surface area contributed by atoms with Gasteiger partial charge in [0.05, 0.1) is 7.11 Å². The summed E-state index contributed by atoms with van der Waals surface area (Å²) in [4.78, 5) is 4.44. The van der Waals surface area contributed by atoms with Gasteiger partial charge < -0.3 is 9.84 Å². The molecule has 0 bridgehead atoms. The van der Waals surface area contributed by atoms with Gasteiger partial charge in [0.2, 0.25) is 0 Å². The maximum atomic E-state index is 10.0.